The van der Waals surface area contributed by atoms with Crippen LogP contribution in [0.3, 0.4) is 0 Å². The maximum atomic E-state index is 12.4. The minimum atomic E-state index is -0.0214. The standard InChI is InChI=1S/C18H21NO2/c1-15-7-9-16(10-8-15)13-18(21)19(11-12-20)14-17-5-3-2-4-6-17/h2-10,20H,11-14H2,1H3. The van der Waals surface area contributed by atoms with Crippen LogP contribution in [0.2, 0.25) is 0 Å². The van der Waals surface area contributed by atoms with Crippen molar-refractivity contribution in [1.29, 1.82) is 0 Å². The zero-order valence-electron chi connectivity index (χ0n) is 12.3. The molecule has 1 N–H and O–H groups in total. The molecule has 0 bridgehead atoms. The highest BCUT2D eigenvalue weighted by Crippen LogP contribution is 2.09. The Balaban J connectivity index is 2.03. The summed E-state index contributed by atoms with van der Waals surface area (Å²) in [5.74, 6) is 0.0387. The molecule has 3 nitrogen and oxygen atoms in total. The molecule has 2 aromatic rings. The Bertz CT molecular complexity index is 564. The molecule has 0 aromatic heterocycles. The van der Waals surface area contributed by atoms with Gasteiger partial charge in [0, 0.05) is 13.1 Å². The number of aliphatic hydroxyl groups excluding tert-OH is 1. The number of carbonyl (C=O) groups excluding carboxylic acids is 1. The summed E-state index contributed by atoms with van der Waals surface area (Å²) < 4.78 is 0. The van der Waals surface area contributed by atoms with E-state index in [-0.39, 0.29) is 12.5 Å². The molecule has 2 aromatic carbocycles. The summed E-state index contributed by atoms with van der Waals surface area (Å²) in [5.41, 5.74) is 3.26. The first-order valence-corrected chi connectivity index (χ1v) is 7.17. The van der Waals surface area contributed by atoms with Crippen molar-refractivity contribution >= 4 is 5.91 Å². The summed E-state index contributed by atoms with van der Waals surface area (Å²) in [6, 6.07) is 17.8. The lowest BCUT2D eigenvalue weighted by molar-refractivity contribution is -0.131. The molecule has 1 amide bonds. The number of carbonyl (C=O) groups is 1. The van der Waals surface area contributed by atoms with Gasteiger partial charge >= 0.3 is 0 Å². The van der Waals surface area contributed by atoms with E-state index in [1.165, 1.54) is 5.56 Å². The van der Waals surface area contributed by atoms with E-state index in [2.05, 4.69) is 0 Å². The molecule has 0 fully saturated rings. The van der Waals surface area contributed by atoms with E-state index in [4.69, 9.17) is 0 Å². The second kappa shape index (κ2) is 7.60. The molecule has 21 heavy (non-hydrogen) atoms. The van der Waals surface area contributed by atoms with Gasteiger partial charge in [-0.05, 0) is 18.1 Å². The van der Waals surface area contributed by atoms with Crippen molar-refractivity contribution in [3.63, 3.8) is 0 Å². The van der Waals surface area contributed by atoms with Crippen LogP contribution in [0.5, 0.6) is 0 Å². The third-order valence-corrected chi connectivity index (χ3v) is 3.41. The maximum absolute atomic E-state index is 12.4. The van der Waals surface area contributed by atoms with E-state index < -0.39 is 0 Å². The Morgan fingerprint density at radius 2 is 1.67 bits per heavy atom. The van der Waals surface area contributed by atoms with E-state index in [1.54, 1.807) is 4.90 Å². The average molecular weight is 283 g/mol. The van der Waals surface area contributed by atoms with Gasteiger partial charge in [-0.2, -0.15) is 0 Å². The Kier molecular flexibility index (Phi) is 5.52. The molecule has 0 unspecified atom stereocenters. The van der Waals surface area contributed by atoms with Crippen LogP contribution < -0.4 is 0 Å². The van der Waals surface area contributed by atoms with E-state index >= 15 is 0 Å². The fourth-order valence-electron chi connectivity index (χ4n) is 2.21. The molecular weight excluding hydrogens is 262 g/mol. The lowest BCUT2D eigenvalue weighted by Gasteiger charge is -2.22. The minimum absolute atomic E-state index is 0.0214. The number of rotatable bonds is 6. The van der Waals surface area contributed by atoms with E-state index in [0.717, 1.165) is 11.1 Å². The molecule has 2 rings (SSSR count). The van der Waals surface area contributed by atoms with E-state index in [9.17, 15) is 9.90 Å². The molecule has 0 saturated heterocycles. The second-order valence-corrected chi connectivity index (χ2v) is 5.19. The van der Waals surface area contributed by atoms with Crippen molar-refractivity contribution < 1.29 is 9.90 Å². The first-order valence-electron chi connectivity index (χ1n) is 7.17. The van der Waals surface area contributed by atoms with Crippen molar-refractivity contribution in [1.82, 2.24) is 4.90 Å². The van der Waals surface area contributed by atoms with Crippen LogP contribution in [0.15, 0.2) is 54.6 Å². The molecule has 0 aliphatic rings. The van der Waals surface area contributed by atoms with Crippen molar-refractivity contribution in [3.8, 4) is 0 Å². The summed E-state index contributed by atoms with van der Waals surface area (Å²) in [6.07, 6.45) is 0.368. The van der Waals surface area contributed by atoms with Crippen LogP contribution in [0.25, 0.3) is 0 Å². The number of nitrogens with zero attached hydrogens (tertiary/aromatic N) is 1. The van der Waals surface area contributed by atoms with Crippen LogP contribution >= 0.6 is 0 Å². The first-order chi connectivity index (χ1) is 10.2. The van der Waals surface area contributed by atoms with Crippen LogP contribution in [0, 0.1) is 6.92 Å². The molecule has 0 aliphatic carbocycles. The molecule has 3 heteroatoms. The number of amides is 1. The average Bonchev–Trinajstić information content (AvgIpc) is 2.50. The molecule has 0 radical (unpaired) electrons. The van der Waals surface area contributed by atoms with Gasteiger partial charge < -0.3 is 10.0 Å². The lowest BCUT2D eigenvalue weighted by atomic mass is 10.1. The normalized spacial score (nSPS) is 10.4. The van der Waals surface area contributed by atoms with Gasteiger partial charge in [-0.15, -0.1) is 0 Å². The van der Waals surface area contributed by atoms with Gasteiger partial charge in [-0.1, -0.05) is 60.2 Å². The molecular formula is C18H21NO2. The lowest BCUT2D eigenvalue weighted by Crippen LogP contribution is -2.34. The van der Waals surface area contributed by atoms with Crippen molar-refractivity contribution in [2.24, 2.45) is 0 Å². The highest BCUT2D eigenvalue weighted by Gasteiger charge is 2.14. The fourth-order valence-corrected chi connectivity index (χ4v) is 2.21. The smallest absolute Gasteiger partial charge is 0.227 e. The summed E-state index contributed by atoms with van der Waals surface area (Å²) in [7, 11) is 0. The fraction of sp³-hybridized carbons (Fsp3) is 0.278. The number of hydrogen-bond donors (Lipinski definition) is 1. The monoisotopic (exact) mass is 283 g/mol. The third kappa shape index (κ3) is 4.72. The van der Waals surface area contributed by atoms with E-state index in [1.807, 2.05) is 61.5 Å². The quantitative estimate of drug-likeness (QED) is 0.885. The Labute approximate surface area is 125 Å². The molecule has 0 saturated carbocycles. The zero-order valence-corrected chi connectivity index (χ0v) is 12.3. The highest BCUT2D eigenvalue weighted by atomic mass is 16.3. The predicted molar refractivity (Wildman–Crippen MR) is 83.8 cm³/mol. The van der Waals surface area contributed by atoms with Gasteiger partial charge in [-0.3, -0.25) is 4.79 Å². The van der Waals surface area contributed by atoms with Crippen molar-refractivity contribution in [2.45, 2.75) is 19.9 Å². The highest BCUT2D eigenvalue weighted by molar-refractivity contribution is 5.78. The summed E-state index contributed by atoms with van der Waals surface area (Å²) in [4.78, 5) is 14.1. The topological polar surface area (TPSA) is 40.5 Å². The maximum Gasteiger partial charge on any atom is 0.227 e. The molecule has 0 heterocycles. The minimum Gasteiger partial charge on any atom is -0.395 e. The molecule has 0 aliphatic heterocycles. The summed E-state index contributed by atoms with van der Waals surface area (Å²) in [5, 5.41) is 9.17. The van der Waals surface area contributed by atoms with Gasteiger partial charge in [0.15, 0.2) is 0 Å². The number of benzene rings is 2. The summed E-state index contributed by atoms with van der Waals surface area (Å²) in [6.45, 7) is 2.90. The van der Waals surface area contributed by atoms with Crippen LogP contribution in [0.1, 0.15) is 16.7 Å². The third-order valence-electron chi connectivity index (χ3n) is 3.41. The van der Waals surface area contributed by atoms with Crippen LogP contribution in [0.4, 0.5) is 0 Å². The van der Waals surface area contributed by atoms with Crippen molar-refractivity contribution in [3.05, 3.63) is 71.3 Å². The first kappa shape index (κ1) is 15.3. The summed E-state index contributed by atoms with van der Waals surface area (Å²) >= 11 is 0. The van der Waals surface area contributed by atoms with Crippen LogP contribution in [-0.4, -0.2) is 29.1 Å². The zero-order chi connectivity index (χ0) is 15.1. The van der Waals surface area contributed by atoms with Crippen molar-refractivity contribution in [2.75, 3.05) is 13.2 Å². The van der Waals surface area contributed by atoms with Crippen LogP contribution in [-0.2, 0) is 17.8 Å². The van der Waals surface area contributed by atoms with Gasteiger partial charge in [0.25, 0.3) is 0 Å². The molecule has 110 valence electrons. The predicted octanol–water partition coefficient (Wildman–Crippen LogP) is 2.56. The van der Waals surface area contributed by atoms with Gasteiger partial charge in [-0.25, -0.2) is 0 Å². The number of aryl methyl sites for hydroxylation is 1. The Morgan fingerprint density at radius 1 is 1.00 bits per heavy atom. The number of hydrogen-bond acceptors (Lipinski definition) is 2. The van der Waals surface area contributed by atoms with Gasteiger partial charge in [0.1, 0.15) is 0 Å². The Hall–Kier alpha value is -2.13. The Morgan fingerprint density at radius 3 is 2.29 bits per heavy atom. The second-order valence-electron chi connectivity index (χ2n) is 5.19. The molecule has 0 spiro atoms. The van der Waals surface area contributed by atoms with E-state index in [0.29, 0.717) is 19.5 Å². The van der Waals surface area contributed by atoms with Gasteiger partial charge in [0.2, 0.25) is 5.91 Å². The molecule has 0 atom stereocenters. The largest absolute Gasteiger partial charge is 0.395 e. The number of aliphatic hydroxyl groups is 1. The van der Waals surface area contributed by atoms with Gasteiger partial charge in [0.05, 0.1) is 13.0 Å². The SMILES string of the molecule is Cc1ccc(CC(=O)N(CCO)Cc2ccccc2)cc1.